The molecule has 0 bridgehead atoms. The van der Waals surface area contributed by atoms with Crippen molar-refractivity contribution in [3.05, 3.63) is 35.6 Å². The van der Waals surface area contributed by atoms with Crippen LogP contribution < -0.4 is 0 Å². The first-order chi connectivity index (χ1) is 7.22. The standard InChI is InChI=1S/C12H10FNO/c13-10-3-1-9(2-4-10)12(8-15-12)11(7-14)5-6-11/h1-4H,5-6,8H2. The summed E-state index contributed by atoms with van der Waals surface area (Å²) in [6.45, 7) is 0.589. The smallest absolute Gasteiger partial charge is 0.135 e. The van der Waals surface area contributed by atoms with Crippen molar-refractivity contribution < 1.29 is 9.13 Å². The van der Waals surface area contributed by atoms with Crippen LogP contribution in [0.4, 0.5) is 4.39 Å². The van der Waals surface area contributed by atoms with E-state index in [-0.39, 0.29) is 11.2 Å². The molecule has 1 aromatic rings. The average Bonchev–Trinajstić information content (AvgIpc) is 3.13. The fraction of sp³-hybridized carbons (Fsp3) is 0.417. The van der Waals surface area contributed by atoms with Crippen LogP contribution >= 0.6 is 0 Å². The van der Waals surface area contributed by atoms with Crippen LogP contribution in [-0.2, 0) is 10.3 Å². The van der Waals surface area contributed by atoms with Crippen LogP contribution in [-0.4, -0.2) is 6.61 Å². The zero-order chi connectivity index (χ0) is 10.5. The third-order valence-corrected chi connectivity index (χ3v) is 3.48. The van der Waals surface area contributed by atoms with Crippen molar-refractivity contribution in [1.29, 1.82) is 5.26 Å². The summed E-state index contributed by atoms with van der Waals surface area (Å²) in [4.78, 5) is 0. The number of hydrogen-bond donors (Lipinski definition) is 0. The predicted octanol–water partition coefficient (Wildman–Crippen LogP) is 2.35. The Morgan fingerprint density at radius 1 is 1.27 bits per heavy atom. The number of nitriles is 1. The number of hydrogen-bond acceptors (Lipinski definition) is 2. The molecule has 0 amide bonds. The van der Waals surface area contributed by atoms with E-state index in [1.165, 1.54) is 12.1 Å². The predicted molar refractivity (Wildman–Crippen MR) is 51.3 cm³/mol. The van der Waals surface area contributed by atoms with Gasteiger partial charge in [0.2, 0.25) is 0 Å². The van der Waals surface area contributed by atoms with Gasteiger partial charge in [-0.05, 0) is 30.5 Å². The lowest BCUT2D eigenvalue weighted by Gasteiger charge is -2.16. The molecule has 1 aromatic carbocycles. The van der Waals surface area contributed by atoms with Crippen molar-refractivity contribution in [3.63, 3.8) is 0 Å². The van der Waals surface area contributed by atoms with Gasteiger partial charge in [-0.25, -0.2) is 4.39 Å². The molecule has 2 aliphatic rings. The number of ether oxygens (including phenoxy) is 1. The number of epoxide rings is 1. The van der Waals surface area contributed by atoms with Crippen LogP contribution in [0, 0.1) is 22.6 Å². The highest BCUT2D eigenvalue weighted by molar-refractivity contribution is 5.37. The van der Waals surface area contributed by atoms with Gasteiger partial charge in [-0.15, -0.1) is 0 Å². The van der Waals surface area contributed by atoms with E-state index < -0.39 is 5.60 Å². The van der Waals surface area contributed by atoms with Gasteiger partial charge in [0, 0.05) is 0 Å². The molecule has 0 aromatic heterocycles. The number of nitrogens with zero attached hydrogens (tertiary/aromatic N) is 1. The van der Waals surface area contributed by atoms with Crippen molar-refractivity contribution in [3.8, 4) is 6.07 Å². The fourth-order valence-electron chi connectivity index (χ4n) is 2.24. The molecule has 0 radical (unpaired) electrons. The molecule has 1 saturated carbocycles. The van der Waals surface area contributed by atoms with E-state index in [9.17, 15) is 4.39 Å². The Morgan fingerprint density at radius 2 is 1.87 bits per heavy atom. The molecule has 1 heterocycles. The summed E-state index contributed by atoms with van der Waals surface area (Å²) >= 11 is 0. The normalized spacial score (nSPS) is 30.7. The monoisotopic (exact) mass is 203 g/mol. The largest absolute Gasteiger partial charge is 0.363 e. The zero-order valence-corrected chi connectivity index (χ0v) is 8.16. The molecule has 1 atom stereocenters. The van der Waals surface area contributed by atoms with Gasteiger partial charge in [0.05, 0.1) is 18.1 Å². The highest BCUT2D eigenvalue weighted by atomic mass is 19.1. The molecule has 15 heavy (non-hydrogen) atoms. The molecule has 0 N–H and O–H groups in total. The summed E-state index contributed by atoms with van der Waals surface area (Å²) in [6, 6.07) is 8.64. The fourth-order valence-corrected chi connectivity index (χ4v) is 2.24. The molecule has 3 heteroatoms. The third kappa shape index (κ3) is 1.06. The maximum atomic E-state index is 12.8. The Bertz CT molecular complexity index is 438. The van der Waals surface area contributed by atoms with E-state index in [4.69, 9.17) is 10.00 Å². The lowest BCUT2D eigenvalue weighted by molar-refractivity contribution is 0.239. The summed E-state index contributed by atoms with van der Waals surface area (Å²) in [5.41, 5.74) is 0.156. The van der Waals surface area contributed by atoms with E-state index >= 15 is 0 Å². The maximum absolute atomic E-state index is 12.8. The van der Waals surface area contributed by atoms with E-state index in [0.717, 1.165) is 18.4 Å². The van der Waals surface area contributed by atoms with Crippen LogP contribution in [0.2, 0.25) is 0 Å². The van der Waals surface area contributed by atoms with Gasteiger partial charge in [0.25, 0.3) is 0 Å². The van der Waals surface area contributed by atoms with Crippen molar-refractivity contribution in [1.82, 2.24) is 0 Å². The molecule has 76 valence electrons. The Labute approximate surface area is 87.3 Å². The Kier molecular flexibility index (Phi) is 1.53. The molecule has 1 unspecified atom stereocenters. The van der Waals surface area contributed by atoms with Gasteiger partial charge in [-0.3, -0.25) is 0 Å². The SMILES string of the molecule is N#CC1(C2(c3ccc(F)cc3)CO2)CC1. The molecule has 1 saturated heterocycles. The van der Waals surface area contributed by atoms with Gasteiger partial charge in [-0.2, -0.15) is 5.26 Å². The maximum Gasteiger partial charge on any atom is 0.135 e. The van der Waals surface area contributed by atoms with Crippen LogP contribution in [0.15, 0.2) is 24.3 Å². The van der Waals surface area contributed by atoms with Crippen LogP contribution in [0.3, 0.4) is 0 Å². The van der Waals surface area contributed by atoms with Crippen molar-refractivity contribution in [2.75, 3.05) is 6.61 Å². The number of rotatable bonds is 2. The van der Waals surface area contributed by atoms with E-state index in [1.807, 2.05) is 0 Å². The second-order valence-corrected chi connectivity index (χ2v) is 4.32. The summed E-state index contributed by atoms with van der Waals surface area (Å²) in [5, 5.41) is 9.14. The summed E-state index contributed by atoms with van der Waals surface area (Å²) in [6.07, 6.45) is 1.78. The van der Waals surface area contributed by atoms with Crippen molar-refractivity contribution >= 4 is 0 Å². The van der Waals surface area contributed by atoms with Gasteiger partial charge in [0.1, 0.15) is 11.4 Å². The van der Waals surface area contributed by atoms with Gasteiger partial charge in [-0.1, -0.05) is 12.1 Å². The van der Waals surface area contributed by atoms with E-state index in [2.05, 4.69) is 6.07 Å². The van der Waals surface area contributed by atoms with Crippen molar-refractivity contribution in [2.24, 2.45) is 5.41 Å². The van der Waals surface area contributed by atoms with Crippen LogP contribution in [0.25, 0.3) is 0 Å². The number of halogens is 1. The van der Waals surface area contributed by atoms with Gasteiger partial charge in [0.15, 0.2) is 0 Å². The van der Waals surface area contributed by atoms with Crippen molar-refractivity contribution in [2.45, 2.75) is 18.4 Å². The van der Waals surface area contributed by atoms with E-state index in [1.54, 1.807) is 12.1 Å². The molecule has 0 spiro atoms. The zero-order valence-electron chi connectivity index (χ0n) is 8.16. The van der Waals surface area contributed by atoms with Gasteiger partial charge >= 0.3 is 0 Å². The molecular formula is C12H10FNO. The molecule has 3 rings (SSSR count). The minimum atomic E-state index is -0.435. The molecule has 1 aliphatic heterocycles. The van der Waals surface area contributed by atoms with Gasteiger partial charge < -0.3 is 4.74 Å². The number of benzene rings is 1. The second-order valence-electron chi connectivity index (χ2n) is 4.32. The molecular weight excluding hydrogens is 193 g/mol. The second kappa shape index (κ2) is 2.59. The highest BCUT2D eigenvalue weighted by Gasteiger charge is 2.69. The van der Waals surface area contributed by atoms with Crippen LogP contribution in [0.1, 0.15) is 18.4 Å². The quantitative estimate of drug-likeness (QED) is 0.692. The Hall–Kier alpha value is -1.40. The molecule has 1 aliphatic carbocycles. The summed E-state index contributed by atoms with van der Waals surface area (Å²) in [7, 11) is 0. The minimum absolute atomic E-state index is 0.253. The first-order valence-electron chi connectivity index (χ1n) is 5.04. The first kappa shape index (κ1) is 8.87. The molecule has 2 fully saturated rings. The minimum Gasteiger partial charge on any atom is -0.363 e. The third-order valence-electron chi connectivity index (χ3n) is 3.48. The lowest BCUT2D eigenvalue weighted by Crippen LogP contribution is -2.22. The first-order valence-corrected chi connectivity index (χ1v) is 5.04. The summed E-state index contributed by atoms with van der Waals surface area (Å²) < 4.78 is 18.3. The highest BCUT2D eigenvalue weighted by Crippen LogP contribution is 2.65. The topological polar surface area (TPSA) is 36.3 Å². The average molecular weight is 203 g/mol. The Balaban J connectivity index is 2.01. The Morgan fingerprint density at radius 3 is 2.27 bits per heavy atom. The molecule has 2 nitrogen and oxygen atoms in total. The van der Waals surface area contributed by atoms with E-state index in [0.29, 0.717) is 6.61 Å². The summed E-state index contributed by atoms with van der Waals surface area (Å²) in [5.74, 6) is -0.253. The lowest BCUT2D eigenvalue weighted by atomic mass is 9.84. The van der Waals surface area contributed by atoms with Crippen LogP contribution in [0.5, 0.6) is 0 Å².